The predicted octanol–water partition coefficient (Wildman–Crippen LogP) is 4.21. The lowest BCUT2D eigenvalue weighted by Crippen LogP contribution is -2.32. The van der Waals surface area contributed by atoms with E-state index in [2.05, 4.69) is 5.32 Å². The number of hydrogen-bond acceptors (Lipinski definition) is 4. The minimum absolute atomic E-state index is 0.00716. The molecule has 0 radical (unpaired) electrons. The van der Waals surface area contributed by atoms with Crippen molar-refractivity contribution in [1.29, 1.82) is 0 Å². The molecular formula is C21H27N3O2S. The van der Waals surface area contributed by atoms with Crippen molar-refractivity contribution in [2.24, 2.45) is 5.92 Å². The summed E-state index contributed by atoms with van der Waals surface area (Å²) in [5.41, 5.74) is 2.87. The summed E-state index contributed by atoms with van der Waals surface area (Å²) in [6.45, 7) is 4.29. The molecule has 1 heterocycles. The fraction of sp³-hybridized carbons (Fsp3) is 0.429. The Labute approximate surface area is 165 Å². The van der Waals surface area contributed by atoms with Gasteiger partial charge in [-0.25, -0.2) is 0 Å². The molecular weight excluding hydrogens is 358 g/mol. The van der Waals surface area contributed by atoms with E-state index in [1.807, 2.05) is 73.5 Å². The van der Waals surface area contributed by atoms with Gasteiger partial charge in [0.05, 0.1) is 4.88 Å². The number of nitrogens with one attached hydrogen (secondary N) is 1. The van der Waals surface area contributed by atoms with Gasteiger partial charge in [-0.2, -0.15) is 0 Å². The third-order valence-electron chi connectivity index (χ3n) is 4.67. The number of nitrogens with zero attached hydrogens (tertiary/aromatic N) is 2. The molecule has 144 valence electrons. The summed E-state index contributed by atoms with van der Waals surface area (Å²) in [5.74, 6) is 0.00596. The molecule has 0 bridgehead atoms. The van der Waals surface area contributed by atoms with E-state index in [1.54, 1.807) is 0 Å². The number of amides is 2. The van der Waals surface area contributed by atoms with Gasteiger partial charge in [0.15, 0.2) is 0 Å². The Morgan fingerprint density at radius 2 is 1.96 bits per heavy atom. The van der Waals surface area contributed by atoms with Gasteiger partial charge in [0, 0.05) is 44.0 Å². The molecule has 0 atom stereocenters. The lowest BCUT2D eigenvalue weighted by molar-refractivity contribution is -0.118. The maximum absolute atomic E-state index is 13.0. The van der Waals surface area contributed by atoms with Crippen molar-refractivity contribution in [3.05, 3.63) is 46.2 Å². The van der Waals surface area contributed by atoms with Crippen LogP contribution in [0.15, 0.2) is 35.7 Å². The van der Waals surface area contributed by atoms with E-state index >= 15 is 0 Å². The van der Waals surface area contributed by atoms with Crippen LogP contribution < -0.4 is 10.2 Å². The van der Waals surface area contributed by atoms with Crippen molar-refractivity contribution in [1.82, 2.24) is 4.90 Å². The Morgan fingerprint density at radius 1 is 1.22 bits per heavy atom. The summed E-state index contributed by atoms with van der Waals surface area (Å²) in [4.78, 5) is 29.8. The first-order valence-electron chi connectivity index (χ1n) is 9.32. The fourth-order valence-corrected chi connectivity index (χ4v) is 3.67. The Balaban J connectivity index is 1.88. The average Bonchev–Trinajstić information content (AvgIpc) is 3.31. The van der Waals surface area contributed by atoms with Crippen molar-refractivity contribution < 1.29 is 9.59 Å². The van der Waals surface area contributed by atoms with Crippen LogP contribution in [0.5, 0.6) is 0 Å². The second kappa shape index (κ2) is 8.13. The largest absolute Gasteiger partial charge is 0.377 e. The third kappa shape index (κ3) is 4.69. The number of thiophene rings is 1. The van der Waals surface area contributed by atoms with Gasteiger partial charge in [-0.15, -0.1) is 11.3 Å². The minimum Gasteiger partial charge on any atom is -0.377 e. The molecule has 1 aliphatic carbocycles. The molecule has 2 amide bonds. The smallest absolute Gasteiger partial charge is 0.264 e. The molecule has 1 saturated carbocycles. The molecule has 6 heteroatoms. The zero-order chi connectivity index (χ0) is 19.6. The summed E-state index contributed by atoms with van der Waals surface area (Å²) in [5, 5.41) is 4.90. The molecule has 1 aromatic carbocycles. The molecule has 5 nitrogen and oxygen atoms in total. The van der Waals surface area contributed by atoms with Crippen LogP contribution in [0, 0.1) is 5.92 Å². The highest BCUT2D eigenvalue weighted by atomic mass is 32.1. The van der Waals surface area contributed by atoms with Crippen LogP contribution in [0.3, 0.4) is 0 Å². The van der Waals surface area contributed by atoms with Gasteiger partial charge < -0.3 is 15.1 Å². The molecule has 27 heavy (non-hydrogen) atoms. The van der Waals surface area contributed by atoms with E-state index in [4.69, 9.17) is 0 Å². The number of anilines is 2. The maximum Gasteiger partial charge on any atom is 0.264 e. The first kappa shape index (κ1) is 19.4. The lowest BCUT2D eigenvalue weighted by atomic mass is 10.1. The molecule has 1 aromatic heterocycles. The highest BCUT2D eigenvalue weighted by Crippen LogP contribution is 2.33. The molecule has 1 N–H and O–H groups in total. The SMILES string of the molecule is CC(C)C(=O)Nc1ccc(N(C)C)c(CN(C(=O)c2cccs2)C2CC2)c1. The Bertz CT molecular complexity index is 811. The van der Waals surface area contributed by atoms with Crippen LogP contribution >= 0.6 is 11.3 Å². The standard InChI is InChI=1S/C21H27N3O2S/c1-14(2)20(25)22-16-7-10-18(23(3)4)15(12-16)13-24(17-8-9-17)21(26)19-6-5-11-27-19/h5-7,10-12,14,17H,8-9,13H2,1-4H3,(H,22,25). The second-order valence-corrected chi connectivity index (χ2v) is 8.47. The normalized spacial score (nSPS) is 13.5. The van der Waals surface area contributed by atoms with Crippen molar-refractivity contribution >= 4 is 34.5 Å². The lowest BCUT2D eigenvalue weighted by Gasteiger charge is -2.26. The van der Waals surface area contributed by atoms with Gasteiger partial charge >= 0.3 is 0 Å². The molecule has 0 saturated heterocycles. The van der Waals surface area contributed by atoms with Crippen molar-refractivity contribution in [2.45, 2.75) is 39.3 Å². The van der Waals surface area contributed by atoms with Crippen LogP contribution in [0.4, 0.5) is 11.4 Å². The summed E-state index contributed by atoms with van der Waals surface area (Å²) in [7, 11) is 3.99. The summed E-state index contributed by atoms with van der Waals surface area (Å²) < 4.78 is 0. The van der Waals surface area contributed by atoms with E-state index in [0.717, 1.165) is 34.7 Å². The second-order valence-electron chi connectivity index (χ2n) is 7.52. The van der Waals surface area contributed by atoms with Crippen molar-refractivity contribution in [3.8, 4) is 0 Å². The highest BCUT2D eigenvalue weighted by Gasteiger charge is 2.34. The zero-order valence-electron chi connectivity index (χ0n) is 16.4. The van der Waals surface area contributed by atoms with Gasteiger partial charge in [-0.1, -0.05) is 19.9 Å². The van der Waals surface area contributed by atoms with Gasteiger partial charge in [0.2, 0.25) is 5.91 Å². The zero-order valence-corrected chi connectivity index (χ0v) is 17.2. The van der Waals surface area contributed by atoms with E-state index in [1.165, 1.54) is 11.3 Å². The highest BCUT2D eigenvalue weighted by molar-refractivity contribution is 7.12. The number of carbonyl (C=O) groups excluding carboxylic acids is 2. The first-order valence-corrected chi connectivity index (χ1v) is 10.2. The fourth-order valence-electron chi connectivity index (χ4n) is 2.99. The summed E-state index contributed by atoms with van der Waals surface area (Å²) in [6, 6.07) is 10.0. The van der Waals surface area contributed by atoms with Crippen LogP contribution in [0.1, 0.15) is 41.9 Å². The van der Waals surface area contributed by atoms with E-state index in [9.17, 15) is 9.59 Å². The number of benzene rings is 1. The first-order chi connectivity index (χ1) is 12.9. The number of rotatable bonds is 7. The molecule has 1 aliphatic rings. The Morgan fingerprint density at radius 3 is 2.52 bits per heavy atom. The molecule has 0 aliphatic heterocycles. The number of hydrogen-bond donors (Lipinski definition) is 1. The number of carbonyl (C=O) groups is 2. The quantitative estimate of drug-likeness (QED) is 0.777. The molecule has 0 spiro atoms. The summed E-state index contributed by atoms with van der Waals surface area (Å²) in [6.07, 6.45) is 2.11. The van der Waals surface area contributed by atoms with Gasteiger partial charge in [-0.05, 0) is 48.1 Å². The van der Waals surface area contributed by atoms with Crippen molar-refractivity contribution in [3.63, 3.8) is 0 Å². The van der Waals surface area contributed by atoms with Crippen LogP contribution in [-0.2, 0) is 11.3 Å². The van der Waals surface area contributed by atoms with E-state index < -0.39 is 0 Å². The Hall–Kier alpha value is -2.34. The van der Waals surface area contributed by atoms with E-state index in [-0.39, 0.29) is 17.7 Å². The van der Waals surface area contributed by atoms with E-state index in [0.29, 0.717) is 12.6 Å². The monoisotopic (exact) mass is 385 g/mol. The van der Waals surface area contributed by atoms with Gasteiger partial charge in [0.25, 0.3) is 5.91 Å². The summed E-state index contributed by atoms with van der Waals surface area (Å²) >= 11 is 1.48. The molecule has 0 unspecified atom stereocenters. The topological polar surface area (TPSA) is 52.7 Å². The maximum atomic E-state index is 13.0. The van der Waals surface area contributed by atoms with Crippen molar-refractivity contribution in [2.75, 3.05) is 24.3 Å². The van der Waals surface area contributed by atoms with Crippen LogP contribution in [0.25, 0.3) is 0 Å². The molecule has 2 aromatic rings. The van der Waals surface area contributed by atoms with Gasteiger partial charge in [0.1, 0.15) is 0 Å². The Kier molecular flexibility index (Phi) is 5.85. The minimum atomic E-state index is -0.0784. The average molecular weight is 386 g/mol. The predicted molar refractivity (Wildman–Crippen MR) is 111 cm³/mol. The van der Waals surface area contributed by atoms with Crippen LogP contribution in [0.2, 0.25) is 0 Å². The van der Waals surface area contributed by atoms with Gasteiger partial charge in [-0.3, -0.25) is 9.59 Å². The third-order valence-corrected chi connectivity index (χ3v) is 5.53. The molecule has 1 fully saturated rings. The van der Waals surface area contributed by atoms with Crippen LogP contribution in [-0.4, -0.2) is 36.9 Å². The molecule has 3 rings (SSSR count).